The summed E-state index contributed by atoms with van der Waals surface area (Å²) in [5.41, 5.74) is 0.956. The minimum Gasteiger partial charge on any atom is -1.00 e. The molecule has 0 saturated heterocycles. The summed E-state index contributed by atoms with van der Waals surface area (Å²) in [6.45, 7) is 0. The Balaban J connectivity index is 0.000000500. The fourth-order valence-corrected chi connectivity index (χ4v) is 0.906. The van der Waals surface area contributed by atoms with Gasteiger partial charge in [0.15, 0.2) is 0 Å². The molecule has 0 amide bonds. The maximum absolute atomic E-state index is 5.12. The first-order valence-electron chi connectivity index (χ1n) is 2.89. The quantitative estimate of drug-likeness (QED) is 0.436. The number of benzene rings is 1. The second-order valence-electron chi connectivity index (χ2n) is 1.96. The zero-order valence-corrected chi connectivity index (χ0v) is 5.87. The molecule has 0 spiro atoms. The van der Waals surface area contributed by atoms with Crippen LogP contribution in [0.25, 0.3) is 11.0 Å². The van der Waals surface area contributed by atoms with Crippen molar-refractivity contribution in [3.05, 3.63) is 36.6 Å². The van der Waals surface area contributed by atoms with Gasteiger partial charge < -0.3 is 5.84 Å². The number of fused-ring (bicyclic) bond motifs is 1. The number of hydrogen-bond donors (Lipinski definition) is 0. The summed E-state index contributed by atoms with van der Waals surface area (Å²) in [4.78, 5) is 0. The Hall–Kier alpha value is -0.643. The molecule has 1 heterocycles. The van der Waals surface area contributed by atoms with Gasteiger partial charge in [-0.2, -0.15) is 0 Å². The van der Waals surface area contributed by atoms with Crippen LogP contribution in [0.15, 0.2) is 41.0 Å². The van der Waals surface area contributed by atoms with Crippen LogP contribution < -0.4 is 18.9 Å². The van der Waals surface area contributed by atoms with Crippen LogP contribution in [0.1, 0.15) is 1.43 Å². The van der Waals surface area contributed by atoms with Gasteiger partial charge in [-0.15, -0.1) is 0 Å². The maximum Gasteiger partial charge on any atom is 1.00 e. The summed E-state index contributed by atoms with van der Waals surface area (Å²) in [6.07, 6.45) is 1.70. The molecule has 0 aliphatic rings. The molecule has 2 heteroatoms. The number of furan rings is 1. The maximum atomic E-state index is 5.12. The van der Waals surface area contributed by atoms with Crippen molar-refractivity contribution in [1.82, 2.24) is 0 Å². The van der Waals surface area contributed by atoms with E-state index in [-0.39, 0.29) is 20.3 Å². The van der Waals surface area contributed by atoms with Crippen LogP contribution in [-0.2, 0) is 0 Å². The Morgan fingerprint density at radius 2 is 1.90 bits per heavy atom. The summed E-state index contributed by atoms with van der Waals surface area (Å²) < 4.78 is 5.12. The molecule has 0 saturated carbocycles. The Bertz CT molecular complexity index is 288. The first kappa shape index (κ1) is 7.46. The second kappa shape index (κ2) is 2.96. The van der Waals surface area contributed by atoms with Crippen molar-refractivity contribution >= 4 is 11.0 Å². The average molecular weight is 126 g/mol. The Labute approximate surface area is 72.7 Å². The Morgan fingerprint density at radius 1 is 1.10 bits per heavy atom. The number of hydrogen-bond acceptors (Lipinski definition) is 1. The van der Waals surface area contributed by atoms with E-state index >= 15 is 0 Å². The van der Waals surface area contributed by atoms with Gasteiger partial charge in [-0.1, -0.05) is 18.2 Å². The second-order valence-corrected chi connectivity index (χ2v) is 1.96. The molecular weight excluding hydrogens is 119 g/mol. The molecule has 1 aromatic carbocycles. The van der Waals surface area contributed by atoms with Crippen LogP contribution in [-0.4, -0.2) is 0 Å². The topological polar surface area (TPSA) is 13.1 Å². The van der Waals surface area contributed by atoms with E-state index in [1.165, 1.54) is 0 Å². The van der Waals surface area contributed by atoms with Crippen molar-refractivity contribution in [2.24, 2.45) is 0 Å². The molecule has 0 radical (unpaired) electrons. The van der Waals surface area contributed by atoms with Gasteiger partial charge in [-0.3, -0.25) is 0 Å². The van der Waals surface area contributed by atoms with Crippen LogP contribution >= 0.6 is 0 Å². The van der Waals surface area contributed by atoms with Gasteiger partial charge in [0.05, 0.1) is 6.26 Å². The van der Waals surface area contributed by atoms with Gasteiger partial charge in [0, 0.05) is 5.39 Å². The zero-order valence-electron chi connectivity index (χ0n) is 6.87. The molecule has 1 aromatic heterocycles. The van der Waals surface area contributed by atoms with E-state index in [2.05, 4.69) is 0 Å². The van der Waals surface area contributed by atoms with E-state index in [1.807, 2.05) is 30.3 Å². The van der Waals surface area contributed by atoms with Crippen LogP contribution in [0.5, 0.6) is 0 Å². The van der Waals surface area contributed by atoms with E-state index in [4.69, 9.17) is 4.42 Å². The van der Waals surface area contributed by atoms with Crippen molar-refractivity contribution in [3.63, 3.8) is 0 Å². The minimum atomic E-state index is 0. The van der Waals surface area contributed by atoms with Crippen LogP contribution in [0.4, 0.5) is 0 Å². The summed E-state index contributed by atoms with van der Waals surface area (Å²) in [7, 11) is 0. The smallest absolute Gasteiger partial charge is 1.00 e. The van der Waals surface area contributed by atoms with Gasteiger partial charge in [0.25, 0.3) is 0 Å². The van der Waals surface area contributed by atoms with Gasteiger partial charge >= 0.3 is 18.9 Å². The van der Waals surface area contributed by atoms with Gasteiger partial charge in [0.2, 0.25) is 0 Å². The predicted molar refractivity (Wildman–Crippen MR) is 37.3 cm³/mol. The van der Waals surface area contributed by atoms with Crippen LogP contribution in [0, 0.1) is 0 Å². The summed E-state index contributed by atoms with van der Waals surface area (Å²) in [5, 5.41) is 1.16. The third-order valence-corrected chi connectivity index (χ3v) is 1.36. The van der Waals surface area contributed by atoms with Gasteiger partial charge in [-0.25, -0.2) is 0 Å². The molecular formula is C8H7LiO. The monoisotopic (exact) mass is 126 g/mol. The molecule has 0 aliphatic heterocycles. The summed E-state index contributed by atoms with van der Waals surface area (Å²) in [6, 6.07) is 9.90. The van der Waals surface area contributed by atoms with Crippen LogP contribution in [0.2, 0.25) is 0 Å². The largest absolute Gasteiger partial charge is 1.00 e. The zero-order chi connectivity index (χ0) is 6.10. The van der Waals surface area contributed by atoms with E-state index in [0.717, 1.165) is 11.0 Å². The van der Waals surface area contributed by atoms with Crippen molar-refractivity contribution in [2.45, 2.75) is 0 Å². The Kier molecular flexibility index (Phi) is 2.21. The third-order valence-electron chi connectivity index (χ3n) is 1.36. The third kappa shape index (κ3) is 1.11. The van der Waals surface area contributed by atoms with E-state index in [0.29, 0.717) is 0 Å². The fourth-order valence-electron chi connectivity index (χ4n) is 0.906. The Morgan fingerprint density at radius 3 is 2.70 bits per heavy atom. The van der Waals surface area contributed by atoms with Crippen molar-refractivity contribution in [1.29, 1.82) is 0 Å². The average Bonchev–Trinajstić information content (AvgIpc) is 2.33. The van der Waals surface area contributed by atoms with E-state index in [1.54, 1.807) is 6.26 Å². The van der Waals surface area contributed by atoms with Crippen molar-refractivity contribution < 1.29 is 24.7 Å². The summed E-state index contributed by atoms with van der Waals surface area (Å²) >= 11 is 0. The number of para-hydroxylation sites is 1. The van der Waals surface area contributed by atoms with Crippen molar-refractivity contribution in [3.8, 4) is 0 Å². The van der Waals surface area contributed by atoms with Crippen molar-refractivity contribution in [2.75, 3.05) is 0 Å². The molecule has 0 N–H and O–H groups in total. The van der Waals surface area contributed by atoms with Gasteiger partial charge in [-0.05, 0) is 12.1 Å². The summed E-state index contributed by atoms with van der Waals surface area (Å²) in [5.74, 6) is 0. The first-order valence-corrected chi connectivity index (χ1v) is 2.89. The standard InChI is InChI=1S/C8H6O.Li.H/c1-2-4-8-7(3-1)5-6-9-8;;/h1-6H;;/q;+1;-1. The molecule has 0 bridgehead atoms. The molecule has 0 atom stereocenters. The van der Waals surface area contributed by atoms with E-state index < -0.39 is 0 Å². The molecule has 10 heavy (non-hydrogen) atoms. The molecule has 0 fully saturated rings. The van der Waals surface area contributed by atoms with E-state index in [9.17, 15) is 0 Å². The first-order chi connectivity index (χ1) is 4.47. The number of rotatable bonds is 0. The minimum absolute atomic E-state index is 0. The SMILES string of the molecule is [H-].[Li+].c1ccc2occc2c1. The molecule has 2 aromatic rings. The molecule has 1 nitrogen and oxygen atoms in total. The molecule has 0 unspecified atom stereocenters. The fraction of sp³-hybridized carbons (Fsp3) is 0. The van der Waals surface area contributed by atoms with Crippen LogP contribution in [0.3, 0.4) is 0 Å². The molecule has 2 rings (SSSR count). The van der Waals surface area contributed by atoms with Gasteiger partial charge in [0.1, 0.15) is 5.58 Å². The normalized spacial score (nSPS) is 9.20. The molecule has 0 aliphatic carbocycles. The predicted octanol–water partition coefficient (Wildman–Crippen LogP) is -0.451. The molecule has 46 valence electrons.